The van der Waals surface area contributed by atoms with Gasteiger partial charge in [-0.3, -0.25) is 0 Å². The summed E-state index contributed by atoms with van der Waals surface area (Å²) in [6, 6.07) is 0. The van der Waals surface area contributed by atoms with Gasteiger partial charge in [-0.05, 0) is 18.9 Å². The summed E-state index contributed by atoms with van der Waals surface area (Å²) in [6.07, 6.45) is 3.16. The van der Waals surface area contributed by atoms with E-state index in [0.717, 1.165) is 6.42 Å². The summed E-state index contributed by atoms with van der Waals surface area (Å²) in [5, 5.41) is 0. The van der Waals surface area contributed by atoms with Crippen molar-refractivity contribution in [2.75, 3.05) is 19.8 Å². The van der Waals surface area contributed by atoms with Crippen molar-refractivity contribution >= 4 is 8.38 Å². The molecule has 0 aromatic rings. The fourth-order valence-electron chi connectivity index (χ4n) is 2.65. The quantitative estimate of drug-likeness (QED) is 0.240. The molecule has 6 heteroatoms. The number of fused-ring (bicyclic) bond motifs is 2. The van der Waals surface area contributed by atoms with Crippen LogP contribution in [0.5, 0.6) is 0 Å². The molecule has 0 amide bonds. The van der Waals surface area contributed by atoms with Gasteiger partial charge in [-0.15, -0.1) is 6.08 Å². The normalized spacial score (nSPS) is 33.5. The Morgan fingerprint density at radius 2 is 2.37 bits per heavy atom. The number of nitrogens with zero attached hydrogens (tertiary/aromatic N) is 1. The molecule has 19 heavy (non-hydrogen) atoms. The van der Waals surface area contributed by atoms with E-state index in [2.05, 4.69) is 24.8 Å². The topological polar surface area (TPSA) is 32.0 Å². The summed E-state index contributed by atoms with van der Waals surface area (Å²) in [5.74, 6) is 0.236. The maximum atomic E-state index is 6.71. The van der Waals surface area contributed by atoms with Crippen LogP contribution < -0.4 is 0 Å². The molecule has 4 unspecified atom stereocenters. The largest absolute Gasteiger partial charge is 0.542 e. The molecule has 2 rings (SSSR count). The number of ether oxygens (including phenoxy) is 1. The van der Waals surface area contributed by atoms with Crippen LogP contribution in [0.2, 0.25) is 0 Å². The van der Waals surface area contributed by atoms with E-state index in [9.17, 15) is 0 Å². The van der Waals surface area contributed by atoms with Gasteiger partial charge in [0.15, 0.2) is 8.38 Å². The molecule has 0 radical (unpaired) electrons. The first-order valence-corrected chi connectivity index (χ1v) is 7.83. The van der Waals surface area contributed by atoms with E-state index >= 15 is 0 Å². The monoisotopic (exact) mass is 506 g/mol. The standard InChI is InChI=1S/C13H19NO3P.U/c1-5-13-10(2)8-11(9-15-13)12(13)17-18(4)16-7-6-14-3;/h8-9,11-12H,5-7H2,1-2,4H3;/q-1;. The summed E-state index contributed by atoms with van der Waals surface area (Å²) in [5.41, 5.74) is 0.969. The van der Waals surface area contributed by atoms with Crippen LogP contribution in [-0.4, -0.2) is 31.5 Å². The van der Waals surface area contributed by atoms with Crippen LogP contribution >= 0.6 is 8.38 Å². The fourth-order valence-corrected chi connectivity index (χ4v) is 3.68. The van der Waals surface area contributed by atoms with E-state index in [1.165, 1.54) is 5.57 Å². The predicted octanol–water partition coefficient (Wildman–Crippen LogP) is 3.17. The summed E-state index contributed by atoms with van der Waals surface area (Å²) >= 11 is 0. The summed E-state index contributed by atoms with van der Waals surface area (Å²) < 4.78 is 17.4. The minimum Gasteiger partial charge on any atom is -0.542 e. The van der Waals surface area contributed by atoms with Crippen molar-refractivity contribution < 1.29 is 44.9 Å². The van der Waals surface area contributed by atoms with Gasteiger partial charge in [-0.25, -0.2) is 13.2 Å². The zero-order chi connectivity index (χ0) is 13.2. The zero-order valence-corrected chi connectivity index (χ0v) is 16.6. The summed E-state index contributed by atoms with van der Waals surface area (Å²) in [6.45, 7) is 15.6. The molecule has 2 aliphatic rings. The fraction of sp³-hybridized carbons (Fsp3) is 0.692. The van der Waals surface area contributed by atoms with Crippen LogP contribution in [0.1, 0.15) is 20.3 Å². The molecule has 1 aliphatic carbocycles. The summed E-state index contributed by atoms with van der Waals surface area (Å²) in [7, 11) is -0.950. The third-order valence-electron chi connectivity index (χ3n) is 3.62. The van der Waals surface area contributed by atoms with Crippen LogP contribution in [0.25, 0.3) is 4.85 Å². The first-order chi connectivity index (χ1) is 8.64. The molecular formula is C13H19NO3PU-. The Morgan fingerprint density at radius 1 is 1.63 bits per heavy atom. The average Bonchev–Trinajstić information content (AvgIpc) is 2.81. The Bertz CT molecular complexity index is 385. The van der Waals surface area contributed by atoms with E-state index < -0.39 is 8.38 Å². The molecule has 4 atom stereocenters. The van der Waals surface area contributed by atoms with E-state index in [0.29, 0.717) is 13.2 Å². The molecule has 0 aromatic carbocycles. The van der Waals surface area contributed by atoms with Crippen LogP contribution in [0.15, 0.2) is 11.6 Å². The molecule has 0 saturated carbocycles. The number of hydrogen-bond donors (Lipinski definition) is 0. The maximum absolute atomic E-state index is 6.71. The molecular weight excluding hydrogens is 487 g/mol. The third kappa shape index (κ3) is 3.44. The molecule has 104 valence electrons. The third-order valence-corrected chi connectivity index (χ3v) is 4.69. The van der Waals surface area contributed by atoms with Gasteiger partial charge < -0.3 is 18.6 Å². The van der Waals surface area contributed by atoms with Gasteiger partial charge in [0, 0.05) is 37.8 Å². The van der Waals surface area contributed by atoms with E-state index in [1.807, 2.05) is 13.3 Å². The maximum Gasteiger partial charge on any atom is 0.238 e. The van der Waals surface area contributed by atoms with Gasteiger partial charge in [0.1, 0.15) is 6.61 Å². The first-order valence-electron chi connectivity index (χ1n) is 6.20. The van der Waals surface area contributed by atoms with Gasteiger partial charge in [-0.2, -0.15) is 0 Å². The van der Waals surface area contributed by atoms with Crippen molar-refractivity contribution in [2.24, 2.45) is 5.92 Å². The van der Waals surface area contributed by atoms with Gasteiger partial charge in [0.2, 0.25) is 6.54 Å². The van der Waals surface area contributed by atoms with Gasteiger partial charge >= 0.3 is 0 Å². The molecule has 1 saturated heterocycles. The minimum absolute atomic E-state index is 0. The molecule has 4 nitrogen and oxygen atoms in total. The molecule has 1 aliphatic heterocycles. The van der Waals surface area contributed by atoms with Crippen molar-refractivity contribution in [2.45, 2.75) is 32.0 Å². The van der Waals surface area contributed by atoms with Crippen LogP contribution in [0, 0.1) is 50.2 Å². The van der Waals surface area contributed by atoms with Gasteiger partial charge in [0.05, 0.1) is 11.7 Å². The second-order valence-electron chi connectivity index (χ2n) is 4.60. The number of hydrogen-bond acceptors (Lipinski definition) is 3. The van der Waals surface area contributed by atoms with Gasteiger partial charge in [-0.1, -0.05) is 12.8 Å². The van der Waals surface area contributed by atoms with Gasteiger partial charge in [0.25, 0.3) is 0 Å². The molecule has 0 spiro atoms. The first kappa shape index (κ1) is 17.6. The van der Waals surface area contributed by atoms with Crippen molar-refractivity contribution in [1.29, 1.82) is 0 Å². The molecule has 2 bridgehead atoms. The Kier molecular flexibility index (Phi) is 7.02. The van der Waals surface area contributed by atoms with E-state index in [-0.39, 0.29) is 48.7 Å². The second-order valence-corrected chi connectivity index (χ2v) is 5.95. The Balaban J connectivity index is 0.00000180. The van der Waals surface area contributed by atoms with Crippen LogP contribution in [0.3, 0.4) is 0 Å². The zero-order valence-electron chi connectivity index (χ0n) is 11.5. The van der Waals surface area contributed by atoms with Crippen LogP contribution in [-0.2, 0) is 13.8 Å². The predicted molar refractivity (Wildman–Crippen MR) is 70.8 cm³/mol. The summed E-state index contributed by atoms with van der Waals surface area (Å²) in [4.78, 5) is 3.26. The van der Waals surface area contributed by atoms with Crippen molar-refractivity contribution in [3.63, 3.8) is 0 Å². The SMILES string of the molecule is [C-]#[N+]CCOP(C)OC1C2C=C(C)C1(CC)O[CH-]2.[U]. The average molecular weight is 506 g/mol. The van der Waals surface area contributed by atoms with Crippen molar-refractivity contribution in [1.82, 2.24) is 0 Å². The molecule has 0 N–H and O–H groups in total. The Hall–Kier alpha value is 0.592. The Morgan fingerprint density at radius 3 is 2.95 bits per heavy atom. The van der Waals surface area contributed by atoms with E-state index in [1.54, 1.807) is 0 Å². The van der Waals surface area contributed by atoms with Crippen molar-refractivity contribution in [3.8, 4) is 0 Å². The smallest absolute Gasteiger partial charge is 0.238 e. The molecule has 1 fully saturated rings. The minimum atomic E-state index is -0.950. The second kappa shape index (κ2) is 7.56. The molecule has 1 heterocycles. The van der Waals surface area contributed by atoms with Crippen molar-refractivity contribution in [3.05, 3.63) is 29.7 Å². The Labute approximate surface area is 140 Å². The van der Waals surface area contributed by atoms with Crippen LogP contribution in [0.4, 0.5) is 0 Å². The van der Waals surface area contributed by atoms with E-state index in [4.69, 9.17) is 20.4 Å². The molecule has 0 aromatic heterocycles. The number of rotatable bonds is 6.